The number of carbonyl (C=O) groups excluding carboxylic acids is 1. The molecule has 0 aliphatic carbocycles. The Bertz CT molecular complexity index is 517. The topological polar surface area (TPSA) is 23.6 Å². The molecule has 20 heavy (non-hydrogen) atoms. The molecule has 2 aliphatic heterocycles. The fourth-order valence-electron chi connectivity index (χ4n) is 3.41. The van der Waals surface area contributed by atoms with Crippen molar-refractivity contribution in [3.63, 3.8) is 0 Å². The average molecular weight is 337 g/mol. The van der Waals surface area contributed by atoms with Crippen LogP contribution in [0.2, 0.25) is 0 Å². The number of rotatable bonds is 2. The Morgan fingerprint density at radius 2 is 2.05 bits per heavy atom. The Labute approximate surface area is 129 Å². The fourth-order valence-corrected chi connectivity index (χ4v) is 4.04. The molecule has 0 amide bonds. The number of fused-ring (bicyclic) bond motifs is 1. The second kappa shape index (κ2) is 5.86. The normalized spacial score (nSPS) is 23.5. The van der Waals surface area contributed by atoms with Crippen LogP contribution in [0, 0.1) is 0 Å². The molecular formula is C16H21BrN2O. The van der Waals surface area contributed by atoms with E-state index in [9.17, 15) is 4.79 Å². The zero-order valence-electron chi connectivity index (χ0n) is 11.9. The van der Waals surface area contributed by atoms with Gasteiger partial charge >= 0.3 is 0 Å². The molecule has 1 atom stereocenters. The summed E-state index contributed by atoms with van der Waals surface area (Å²) in [6.45, 7) is 6.32. The third-order valence-electron chi connectivity index (χ3n) is 4.50. The van der Waals surface area contributed by atoms with Crippen LogP contribution in [-0.2, 0) is 0 Å². The van der Waals surface area contributed by atoms with E-state index in [2.05, 4.69) is 31.8 Å². The van der Waals surface area contributed by atoms with Gasteiger partial charge in [0.15, 0.2) is 5.78 Å². The summed E-state index contributed by atoms with van der Waals surface area (Å²) in [5.41, 5.74) is 2.00. The number of ketones is 1. The molecular weight excluding hydrogens is 316 g/mol. The SMILES string of the molecule is CC(=O)c1ccc(N2CCCN3CCCC3C2)c(Br)c1. The van der Waals surface area contributed by atoms with Crippen LogP contribution in [-0.4, -0.2) is 42.9 Å². The number of nitrogens with zero attached hydrogens (tertiary/aromatic N) is 2. The minimum atomic E-state index is 0.120. The van der Waals surface area contributed by atoms with Gasteiger partial charge in [0, 0.05) is 35.7 Å². The molecule has 3 nitrogen and oxygen atoms in total. The monoisotopic (exact) mass is 336 g/mol. The lowest BCUT2D eigenvalue weighted by Gasteiger charge is -2.28. The molecule has 1 aromatic carbocycles. The Kier molecular flexibility index (Phi) is 4.13. The summed E-state index contributed by atoms with van der Waals surface area (Å²) in [6, 6.07) is 6.69. The second-order valence-corrected chi connectivity index (χ2v) is 6.71. The van der Waals surface area contributed by atoms with Gasteiger partial charge in [0.05, 0.1) is 5.69 Å². The second-order valence-electron chi connectivity index (χ2n) is 5.85. The van der Waals surface area contributed by atoms with Crippen molar-refractivity contribution in [2.75, 3.05) is 31.1 Å². The Morgan fingerprint density at radius 1 is 1.25 bits per heavy atom. The number of benzene rings is 1. The van der Waals surface area contributed by atoms with Gasteiger partial charge in [-0.15, -0.1) is 0 Å². The molecule has 1 aromatic rings. The molecule has 4 heteroatoms. The van der Waals surface area contributed by atoms with E-state index in [0.717, 1.165) is 23.1 Å². The van der Waals surface area contributed by atoms with Crippen molar-refractivity contribution in [1.29, 1.82) is 0 Å². The maximum Gasteiger partial charge on any atom is 0.159 e. The Hall–Kier alpha value is -0.870. The highest BCUT2D eigenvalue weighted by Gasteiger charge is 2.29. The van der Waals surface area contributed by atoms with Gasteiger partial charge in [0.1, 0.15) is 0 Å². The molecule has 0 spiro atoms. The van der Waals surface area contributed by atoms with Crippen LogP contribution < -0.4 is 4.90 Å². The van der Waals surface area contributed by atoms with E-state index in [4.69, 9.17) is 0 Å². The van der Waals surface area contributed by atoms with Crippen LogP contribution in [0.15, 0.2) is 22.7 Å². The van der Waals surface area contributed by atoms with Crippen molar-refractivity contribution in [3.8, 4) is 0 Å². The zero-order chi connectivity index (χ0) is 14.1. The number of Topliss-reactive ketones (excluding diaryl/α,β-unsaturated/α-hetero) is 1. The summed E-state index contributed by atoms with van der Waals surface area (Å²) >= 11 is 3.64. The number of hydrogen-bond donors (Lipinski definition) is 0. The third-order valence-corrected chi connectivity index (χ3v) is 5.13. The number of halogens is 1. The fraction of sp³-hybridized carbons (Fsp3) is 0.562. The Balaban J connectivity index is 1.82. The molecule has 0 radical (unpaired) electrons. The predicted molar refractivity (Wildman–Crippen MR) is 85.6 cm³/mol. The standard InChI is InChI=1S/C16H21BrN2O/c1-12(20)13-5-6-16(15(17)10-13)19-9-3-8-18-7-2-4-14(18)11-19/h5-6,10,14H,2-4,7-9,11H2,1H3. The molecule has 0 N–H and O–H groups in total. The molecule has 2 aliphatic rings. The third kappa shape index (κ3) is 2.77. The summed E-state index contributed by atoms with van der Waals surface area (Å²) in [7, 11) is 0. The van der Waals surface area contributed by atoms with E-state index in [1.54, 1.807) is 6.92 Å². The zero-order valence-corrected chi connectivity index (χ0v) is 13.5. The van der Waals surface area contributed by atoms with Gasteiger partial charge < -0.3 is 4.90 Å². The van der Waals surface area contributed by atoms with E-state index in [0.29, 0.717) is 6.04 Å². The highest BCUT2D eigenvalue weighted by atomic mass is 79.9. The van der Waals surface area contributed by atoms with Gasteiger partial charge in [-0.2, -0.15) is 0 Å². The summed E-state index contributed by atoms with van der Waals surface area (Å²) in [4.78, 5) is 16.6. The first kappa shape index (κ1) is 14.1. The van der Waals surface area contributed by atoms with Crippen LogP contribution in [0.3, 0.4) is 0 Å². The van der Waals surface area contributed by atoms with Gasteiger partial charge in [0.25, 0.3) is 0 Å². The molecule has 3 rings (SSSR count). The van der Waals surface area contributed by atoms with Crippen LogP contribution in [0.5, 0.6) is 0 Å². The van der Waals surface area contributed by atoms with E-state index in [1.807, 2.05) is 12.1 Å². The minimum absolute atomic E-state index is 0.120. The van der Waals surface area contributed by atoms with Crippen molar-refractivity contribution in [2.45, 2.75) is 32.2 Å². The van der Waals surface area contributed by atoms with Crippen LogP contribution in [0.4, 0.5) is 5.69 Å². The summed E-state index contributed by atoms with van der Waals surface area (Å²) in [6.07, 6.45) is 3.87. The van der Waals surface area contributed by atoms with Crippen molar-refractivity contribution in [2.24, 2.45) is 0 Å². The summed E-state index contributed by atoms with van der Waals surface area (Å²) in [5.74, 6) is 0.120. The molecule has 2 heterocycles. The Morgan fingerprint density at radius 3 is 2.80 bits per heavy atom. The lowest BCUT2D eigenvalue weighted by Crippen LogP contribution is -2.36. The molecule has 2 fully saturated rings. The van der Waals surface area contributed by atoms with Crippen LogP contribution >= 0.6 is 15.9 Å². The highest BCUT2D eigenvalue weighted by Crippen LogP contribution is 2.31. The van der Waals surface area contributed by atoms with E-state index in [1.165, 1.54) is 38.0 Å². The lowest BCUT2D eigenvalue weighted by molar-refractivity contribution is 0.101. The number of hydrogen-bond acceptors (Lipinski definition) is 3. The molecule has 0 aromatic heterocycles. The van der Waals surface area contributed by atoms with Crippen molar-refractivity contribution in [1.82, 2.24) is 4.90 Å². The van der Waals surface area contributed by atoms with Crippen molar-refractivity contribution in [3.05, 3.63) is 28.2 Å². The van der Waals surface area contributed by atoms with E-state index in [-0.39, 0.29) is 5.78 Å². The van der Waals surface area contributed by atoms with E-state index < -0.39 is 0 Å². The summed E-state index contributed by atoms with van der Waals surface area (Å²) < 4.78 is 1.04. The number of anilines is 1. The maximum absolute atomic E-state index is 11.4. The molecule has 108 valence electrons. The first-order chi connectivity index (χ1) is 9.65. The van der Waals surface area contributed by atoms with Crippen molar-refractivity contribution >= 4 is 27.4 Å². The maximum atomic E-state index is 11.4. The van der Waals surface area contributed by atoms with E-state index >= 15 is 0 Å². The molecule has 0 bridgehead atoms. The van der Waals surface area contributed by atoms with Gasteiger partial charge in [-0.25, -0.2) is 0 Å². The first-order valence-electron chi connectivity index (χ1n) is 7.44. The summed E-state index contributed by atoms with van der Waals surface area (Å²) in [5, 5.41) is 0. The predicted octanol–water partition coefficient (Wildman–Crippen LogP) is 3.33. The van der Waals surface area contributed by atoms with Gasteiger partial charge in [0.2, 0.25) is 0 Å². The lowest BCUT2D eigenvalue weighted by atomic mass is 10.1. The quantitative estimate of drug-likeness (QED) is 0.774. The number of carbonyl (C=O) groups is 1. The molecule has 1 unspecified atom stereocenters. The van der Waals surface area contributed by atoms with Gasteiger partial charge in [-0.1, -0.05) is 0 Å². The van der Waals surface area contributed by atoms with Crippen LogP contribution in [0.25, 0.3) is 0 Å². The first-order valence-corrected chi connectivity index (χ1v) is 8.24. The largest absolute Gasteiger partial charge is 0.369 e. The van der Waals surface area contributed by atoms with Crippen molar-refractivity contribution < 1.29 is 4.79 Å². The van der Waals surface area contributed by atoms with Gasteiger partial charge in [-0.3, -0.25) is 9.69 Å². The van der Waals surface area contributed by atoms with Gasteiger partial charge in [-0.05, 0) is 66.9 Å². The smallest absolute Gasteiger partial charge is 0.159 e. The average Bonchev–Trinajstić information content (AvgIpc) is 2.76. The molecule has 0 saturated carbocycles. The minimum Gasteiger partial charge on any atom is -0.369 e. The highest BCUT2D eigenvalue weighted by molar-refractivity contribution is 9.10. The van der Waals surface area contributed by atoms with Crippen LogP contribution in [0.1, 0.15) is 36.5 Å². The molecule has 2 saturated heterocycles.